The molecule has 2 N–H and O–H groups in total. The number of ether oxygens (including phenoxy) is 2. The molecule has 0 unspecified atom stereocenters. The molecule has 182 valence electrons. The fraction of sp³-hybridized carbons (Fsp3) is 0.107. The lowest BCUT2D eigenvalue weighted by Gasteiger charge is -2.12. The number of alkyl halides is 3. The first-order chi connectivity index (χ1) is 17.2. The average molecular weight is 489 g/mol. The van der Waals surface area contributed by atoms with Crippen LogP contribution in [0, 0.1) is 10.8 Å². The highest BCUT2D eigenvalue weighted by atomic mass is 19.4. The number of benzene rings is 3. The molecule has 4 rings (SSSR count). The molecule has 1 aromatic heterocycles. The molecule has 0 aliphatic rings. The molecule has 3 aromatic carbocycles. The Morgan fingerprint density at radius 3 is 2.25 bits per heavy atom. The predicted molar refractivity (Wildman–Crippen MR) is 134 cm³/mol. The van der Waals surface area contributed by atoms with Crippen LogP contribution in [0.5, 0.6) is 5.75 Å². The second kappa shape index (κ2) is 10.4. The Hall–Kier alpha value is -4.46. The van der Waals surface area contributed by atoms with E-state index in [9.17, 15) is 13.2 Å². The summed E-state index contributed by atoms with van der Waals surface area (Å²) in [6.45, 7) is 1.66. The molecule has 0 atom stereocenters. The van der Waals surface area contributed by atoms with Gasteiger partial charge in [-0.15, -0.1) is 0 Å². The lowest BCUT2D eigenvalue weighted by Crippen LogP contribution is -2.10. The standard InChI is InChI=1S/C28H22F3N3O2/c1-18(32)36-27(33)25(16-19-6-11-22(12-7-19)28(29,30)31)20-9-14-24(15-10-20)35-17-23-13-8-21-4-2-3-5-26(21)34-23/h2-16,32-33H,17H2,1H3/b25-16+,32-18?,33-27?. The van der Waals surface area contributed by atoms with Gasteiger partial charge in [0.2, 0.25) is 5.90 Å². The number of nitrogens with one attached hydrogen (secondary N) is 2. The van der Waals surface area contributed by atoms with Gasteiger partial charge in [0.25, 0.3) is 0 Å². The molecule has 0 fully saturated rings. The maximum atomic E-state index is 12.9. The van der Waals surface area contributed by atoms with E-state index in [1.54, 1.807) is 30.3 Å². The van der Waals surface area contributed by atoms with E-state index in [0.29, 0.717) is 22.4 Å². The third-order valence-electron chi connectivity index (χ3n) is 5.26. The van der Waals surface area contributed by atoms with Crippen molar-refractivity contribution in [2.24, 2.45) is 0 Å². The molecule has 0 aliphatic carbocycles. The van der Waals surface area contributed by atoms with Crippen LogP contribution >= 0.6 is 0 Å². The van der Waals surface area contributed by atoms with Gasteiger partial charge in [0.05, 0.1) is 16.8 Å². The van der Waals surface area contributed by atoms with Gasteiger partial charge < -0.3 is 9.47 Å². The van der Waals surface area contributed by atoms with Crippen LogP contribution in [0.25, 0.3) is 22.6 Å². The molecule has 0 aliphatic heterocycles. The minimum Gasteiger partial charge on any atom is -0.487 e. The number of halogens is 3. The quantitative estimate of drug-likeness (QED) is 0.169. The van der Waals surface area contributed by atoms with Crippen molar-refractivity contribution in [3.8, 4) is 5.75 Å². The van der Waals surface area contributed by atoms with Crippen molar-refractivity contribution in [2.45, 2.75) is 19.7 Å². The zero-order valence-corrected chi connectivity index (χ0v) is 19.3. The minimum atomic E-state index is -4.43. The summed E-state index contributed by atoms with van der Waals surface area (Å²) < 4.78 is 49.7. The van der Waals surface area contributed by atoms with E-state index in [1.165, 1.54) is 19.1 Å². The van der Waals surface area contributed by atoms with Gasteiger partial charge in [0, 0.05) is 17.9 Å². The number of hydrogen-bond acceptors (Lipinski definition) is 5. The first-order valence-corrected chi connectivity index (χ1v) is 11.0. The fourth-order valence-electron chi connectivity index (χ4n) is 3.50. The highest BCUT2D eigenvalue weighted by Crippen LogP contribution is 2.30. The van der Waals surface area contributed by atoms with Crippen molar-refractivity contribution in [2.75, 3.05) is 0 Å². The van der Waals surface area contributed by atoms with Gasteiger partial charge in [0.15, 0.2) is 5.90 Å². The fourth-order valence-corrected chi connectivity index (χ4v) is 3.50. The molecule has 1 heterocycles. The average Bonchev–Trinajstić information content (AvgIpc) is 2.85. The third-order valence-corrected chi connectivity index (χ3v) is 5.26. The topological polar surface area (TPSA) is 79.0 Å². The van der Waals surface area contributed by atoms with Gasteiger partial charge >= 0.3 is 6.18 Å². The maximum absolute atomic E-state index is 12.9. The molecule has 0 bridgehead atoms. The van der Waals surface area contributed by atoms with Gasteiger partial charge in [-0.1, -0.05) is 48.5 Å². The number of fused-ring (bicyclic) bond motifs is 1. The Morgan fingerprint density at radius 1 is 0.889 bits per heavy atom. The Labute approximate surface area is 205 Å². The van der Waals surface area contributed by atoms with Crippen LogP contribution in [0.1, 0.15) is 29.3 Å². The van der Waals surface area contributed by atoms with E-state index in [4.69, 9.17) is 20.3 Å². The van der Waals surface area contributed by atoms with Crippen LogP contribution in [0.4, 0.5) is 13.2 Å². The number of aromatic nitrogens is 1. The van der Waals surface area contributed by atoms with Gasteiger partial charge in [-0.3, -0.25) is 10.8 Å². The van der Waals surface area contributed by atoms with E-state index in [-0.39, 0.29) is 18.4 Å². The van der Waals surface area contributed by atoms with E-state index in [1.807, 2.05) is 36.4 Å². The monoisotopic (exact) mass is 489 g/mol. The van der Waals surface area contributed by atoms with E-state index in [2.05, 4.69) is 4.98 Å². The van der Waals surface area contributed by atoms with E-state index < -0.39 is 11.7 Å². The molecule has 4 aromatic rings. The molecular weight excluding hydrogens is 467 g/mol. The summed E-state index contributed by atoms with van der Waals surface area (Å²) in [7, 11) is 0. The summed E-state index contributed by atoms with van der Waals surface area (Å²) in [5.41, 5.74) is 2.24. The molecule has 0 spiro atoms. The normalized spacial score (nSPS) is 11.8. The second-order valence-corrected chi connectivity index (χ2v) is 7.97. The first-order valence-electron chi connectivity index (χ1n) is 11.0. The van der Waals surface area contributed by atoms with Crippen LogP contribution in [0.2, 0.25) is 0 Å². The predicted octanol–water partition coefficient (Wildman–Crippen LogP) is 7.36. The van der Waals surface area contributed by atoms with Crippen LogP contribution in [-0.4, -0.2) is 16.8 Å². The molecule has 0 radical (unpaired) electrons. The van der Waals surface area contributed by atoms with Gasteiger partial charge in [0.1, 0.15) is 12.4 Å². The lowest BCUT2D eigenvalue weighted by atomic mass is 10.0. The summed E-state index contributed by atoms with van der Waals surface area (Å²) in [5, 5.41) is 16.8. The van der Waals surface area contributed by atoms with Crippen molar-refractivity contribution < 1.29 is 22.6 Å². The largest absolute Gasteiger partial charge is 0.487 e. The first kappa shape index (κ1) is 24.7. The Kier molecular flexibility index (Phi) is 7.15. The molecule has 0 amide bonds. The zero-order valence-electron chi connectivity index (χ0n) is 19.3. The van der Waals surface area contributed by atoms with Crippen molar-refractivity contribution in [1.82, 2.24) is 4.98 Å². The Balaban J connectivity index is 1.54. The van der Waals surface area contributed by atoms with Crippen LogP contribution in [-0.2, 0) is 17.5 Å². The third kappa shape index (κ3) is 6.15. The summed E-state index contributed by atoms with van der Waals surface area (Å²) in [5.74, 6) is 0.107. The Bertz CT molecular complexity index is 1430. The molecule has 36 heavy (non-hydrogen) atoms. The van der Waals surface area contributed by atoms with Crippen LogP contribution in [0.15, 0.2) is 84.9 Å². The number of hydrogen-bond donors (Lipinski definition) is 2. The smallest absolute Gasteiger partial charge is 0.416 e. The van der Waals surface area contributed by atoms with Gasteiger partial charge in [-0.2, -0.15) is 13.2 Å². The summed E-state index contributed by atoms with van der Waals surface area (Å²) in [4.78, 5) is 4.59. The Morgan fingerprint density at radius 2 is 1.58 bits per heavy atom. The van der Waals surface area contributed by atoms with Crippen LogP contribution < -0.4 is 4.74 Å². The number of para-hydroxylation sites is 1. The van der Waals surface area contributed by atoms with E-state index in [0.717, 1.165) is 28.7 Å². The highest BCUT2D eigenvalue weighted by Gasteiger charge is 2.29. The van der Waals surface area contributed by atoms with Crippen molar-refractivity contribution in [3.63, 3.8) is 0 Å². The van der Waals surface area contributed by atoms with Gasteiger partial charge in [-0.05, 0) is 53.6 Å². The highest BCUT2D eigenvalue weighted by molar-refractivity contribution is 6.25. The van der Waals surface area contributed by atoms with E-state index >= 15 is 0 Å². The maximum Gasteiger partial charge on any atom is 0.416 e. The molecule has 5 nitrogen and oxygen atoms in total. The number of nitrogens with zero attached hydrogens (tertiary/aromatic N) is 1. The summed E-state index contributed by atoms with van der Waals surface area (Å²) >= 11 is 0. The SMILES string of the molecule is CC(=N)OC(=N)/C(=C/c1ccc(C(F)(F)F)cc1)c1ccc(OCc2ccc3ccccc3n2)cc1. The molecule has 0 saturated heterocycles. The lowest BCUT2D eigenvalue weighted by molar-refractivity contribution is -0.137. The summed E-state index contributed by atoms with van der Waals surface area (Å²) in [6.07, 6.45) is -2.89. The molecule has 8 heteroatoms. The minimum absolute atomic E-state index is 0.179. The summed E-state index contributed by atoms with van der Waals surface area (Å²) in [6, 6.07) is 23.2. The van der Waals surface area contributed by atoms with Crippen LogP contribution in [0.3, 0.4) is 0 Å². The van der Waals surface area contributed by atoms with Crippen molar-refractivity contribution in [1.29, 1.82) is 10.8 Å². The molecular formula is C28H22F3N3O2. The van der Waals surface area contributed by atoms with Gasteiger partial charge in [-0.25, -0.2) is 4.98 Å². The number of rotatable bonds is 6. The number of pyridine rings is 1. The molecule has 0 saturated carbocycles. The van der Waals surface area contributed by atoms with Crippen molar-refractivity contribution >= 4 is 34.3 Å². The zero-order chi connectivity index (χ0) is 25.7. The second-order valence-electron chi connectivity index (χ2n) is 7.97. The van der Waals surface area contributed by atoms with Crippen molar-refractivity contribution in [3.05, 3.63) is 107 Å².